The first kappa shape index (κ1) is 23.4. The zero-order chi connectivity index (χ0) is 22.9. The number of rotatable bonds is 6. The minimum absolute atomic E-state index is 0.235. The molecule has 0 aliphatic carbocycles. The number of sulfonamides is 1. The van der Waals surface area contributed by atoms with E-state index in [-0.39, 0.29) is 4.21 Å². The molecule has 1 amide bonds. The molecule has 1 N–H and O–H groups in total. The molecule has 174 valence electrons. The van der Waals surface area contributed by atoms with Crippen LogP contribution in [0.15, 0.2) is 21.7 Å². The van der Waals surface area contributed by atoms with Crippen LogP contribution in [0.1, 0.15) is 47.0 Å². The predicted molar refractivity (Wildman–Crippen MR) is 125 cm³/mol. The molecule has 2 aromatic heterocycles. The van der Waals surface area contributed by atoms with Crippen molar-refractivity contribution in [2.24, 2.45) is 0 Å². The number of thiophene rings is 2. The van der Waals surface area contributed by atoms with Crippen molar-refractivity contribution in [1.29, 1.82) is 0 Å². The van der Waals surface area contributed by atoms with E-state index < -0.39 is 27.9 Å². The first-order valence-electron chi connectivity index (χ1n) is 10.7. The molecule has 1 saturated heterocycles. The summed E-state index contributed by atoms with van der Waals surface area (Å²) in [6.07, 6.45) is 2.63. The van der Waals surface area contributed by atoms with Gasteiger partial charge in [0.25, 0.3) is 10.0 Å². The third-order valence-electron chi connectivity index (χ3n) is 6.02. The van der Waals surface area contributed by atoms with Crippen molar-refractivity contribution < 1.29 is 22.7 Å². The zero-order valence-corrected chi connectivity index (χ0v) is 20.6. The summed E-state index contributed by atoms with van der Waals surface area (Å²) in [5.41, 5.74) is 1.33. The Morgan fingerprint density at radius 2 is 2.09 bits per heavy atom. The molecule has 0 saturated carbocycles. The highest BCUT2D eigenvalue weighted by atomic mass is 32.2. The average Bonchev–Trinajstić information content (AvgIpc) is 3.46. The Bertz CT molecular complexity index is 1090. The molecule has 4 rings (SSSR count). The number of likely N-dealkylation sites (N-methyl/N-ethyl adjacent to an activating group) is 1. The number of carbonyl (C=O) groups is 2. The summed E-state index contributed by atoms with van der Waals surface area (Å²) < 4.78 is 32.8. The van der Waals surface area contributed by atoms with Crippen LogP contribution in [0, 0.1) is 0 Å². The monoisotopic (exact) mass is 497 g/mol. The number of fused-ring (bicyclic) bond motifs is 1. The van der Waals surface area contributed by atoms with E-state index in [0.29, 0.717) is 36.4 Å². The number of methoxy groups -OCH3 is 1. The van der Waals surface area contributed by atoms with Gasteiger partial charge in [0, 0.05) is 24.5 Å². The smallest absolute Gasteiger partial charge is 0.341 e. The van der Waals surface area contributed by atoms with Gasteiger partial charge in [-0.25, -0.2) is 13.2 Å². The number of ether oxygens (including phenoxy) is 1. The van der Waals surface area contributed by atoms with E-state index in [2.05, 4.69) is 17.1 Å². The number of hydrogen-bond acceptors (Lipinski definition) is 8. The lowest BCUT2D eigenvalue weighted by Gasteiger charge is -2.33. The van der Waals surface area contributed by atoms with Crippen LogP contribution in [0.3, 0.4) is 0 Å². The van der Waals surface area contributed by atoms with Crippen molar-refractivity contribution in [3.8, 4) is 0 Å². The predicted octanol–water partition coefficient (Wildman–Crippen LogP) is 3.16. The lowest BCUT2D eigenvalue weighted by Crippen LogP contribution is -2.49. The van der Waals surface area contributed by atoms with Gasteiger partial charge in [0.2, 0.25) is 5.91 Å². The van der Waals surface area contributed by atoms with E-state index >= 15 is 0 Å². The number of hydrogen-bond donors (Lipinski definition) is 1. The highest BCUT2D eigenvalue weighted by Crippen LogP contribution is 2.38. The molecule has 1 fully saturated rings. The number of nitrogens with zero attached hydrogens (tertiary/aromatic N) is 2. The van der Waals surface area contributed by atoms with Gasteiger partial charge in [0.05, 0.1) is 12.7 Å². The van der Waals surface area contributed by atoms with E-state index in [1.165, 1.54) is 22.8 Å². The van der Waals surface area contributed by atoms with Crippen LogP contribution < -0.4 is 5.32 Å². The van der Waals surface area contributed by atoms with Crippen LogP contribution in [0.2, 0.25) is 0 Å². The first-order valence-corrected chi connectivity index (χ1v) is 13.8. The number of nitrogens with one attached hydrogen (secondary N) is 1. The van der Waals surface area contributed by atoms with Gasteiger partial charge < -0.3 is 10.1 Å². The number of carbonyl (C=O) groups excluding carboxylic acids is 2. The van der Waals surface area contributed by atoms with Crippen LogP contribution in [0.5, 0.6) is 0 Å². The molecule has 2 aliphatic rings. The van der Waals surface area contributed by atoms with Gasteiger partial charge in [-0.15, -0.1) is 22.7 Å². The highest BCUT2D eigenvalue weighted by molar-refractivity contribution is 7.91. The summed E-state index contributed by atoms with van der Waals surface area (Å²) in [5, 5.41) is 5.05. The summed E-state index contributed by atoms with van der Waals surface area (Å²) in [7, 11) is -2.42. The van der Waals surface area contributed by atoms with Gasteiger partial charge in [0.1, 0.15) is 15.3 Å². The van der Waals surface area contributed by atoms with E-state index in [1.807, 2.05) is 0 Å². The number of anilines is 1. The molecule has 0 radical (unpaired) electrons. The van der Waals surface area contributed by atoms with E-state index in [4.69, 9.17) is 4.74 Å². The Morgan fingerprint density at radius 1 is 1.28 bits per heavy atom. The lowest BCUT2D eigenvalue weighted by molar-refractivity contribution is -0.120. The van der Waals surface area contributed by atoms with Crippen LogP contribution >= 0.6 is 22.7 Å². The van der Waals surface area contributed by atoms with Gasteiger partial charge in [-0.3, -0.25) is 9.69 Å². The molecule has 0 spiro atoms. The van der Waals surface area contributed by atoms with E-state index in [9.17, 15) is 18.0 Å². The van der Waals surface area contributed by atoms with E-state index in [0.717, 1.165) is 47.8 Å². The van der Waals surface area contributed by atoms with Crippen LogP contribution in [0.25, 0.3) is 0 Å². The fourth-order valence-electron chi connectivity index (χ4n) is 4.31. The van der Waals surface area contributed by atoms with Crippen molar-refractivity contribution in [3.63, 3.8) is 0 Å². The third-order valence-corrected chi connectivity index (χ3v) is 10.4. The maximum atomic E-state index is 13.3. The molecule has 1 atom stereocenters. The van der Waals surface area contributed by atoms with Crippen molar-refractivity contribution in [2.45, 2.75) is 49.4 Å². The van der Waals surface area contributed by atoms with Crippen LogP contribution in [0.4, 0.5) is 5.00 Å². The largest absolute Gasteiger partial charge is 0.465 e. The average molecular weight is 498 g/mol. The van der Waals surface area contributed by atoms with Crippen molar-refractivity contribution in [1.82, 2.24) is 9.21 Å². The molecular formula is C21H27N3O5S3. The number of piperidine rings is 1. The molecule has 8 nitrogen and oxygen atoms in total. The maximum Gasteiger partial charge on any atom is 0.341 e. The molecule has 1 unspecified atom stereocenters. The fraction of sp³-hybridized carbons (Fsp3) is 0.524. The minimum Gasteiger partial charge on any atom is -0.465 e. The topological polar surface area (TPSA) is 96.0 Å². The number of amides is 1. The van der Waals surface area contributed by atoms with Crippen molar-refractivity contribution >= 4 is 49.6 Å². The molecule has 2 aliphatic heterocycles. The van der Waals surface area contributed by atoms with Crippen molar-refractivity contribution in [3.05, 3.63) is 33.5 Å². The number of esters is 1. The summed E-state index contributed by atoms with van der Waals surface area (Å²) in [5.74, 6) is -0.879. The van der Waals surface area contributed by atoms with E-state index in [1.54, 1.807) is 17.5 Å². The molecule has 2 aromatic rings. The van der Waals surface area contributed by atoms with Crippen molar-refractivity contribution in [2.75, 3.05) is 32.1 Å². The Labute approximate surface area is 196 Å². The first-order chi connectivity index (χ1) is 15.4. The Balaban J connectivity index is 1.63. The van der Waals surface area contributed by atoms with Gasteiger partial charge >= 0.3 is 5.97 Å². The second kappa shape index (κ2) is 9.60. The standard InChI is InChI=1S/C21H27N3O5S3/c1-3-23-11-9-14-16(13-23)31-20(18(14)21(26)29-2)22-19(25)15-7-4-5-10-24(15)32(27,28)17-8-6-12-30-17/h6,8,12,15H,3-5,7,9-11,13H2,1-2H3,(H,22,25). The quantitative estimate of drug-likeness (QED) is 0.616. The molecule has 32 heavy (non-hydrogen) atoms. The normalized spacial score (nSPS) is 20.0. The second-order valence-corrected chi connectivity index (χ2v) is 12.0. The molecule has 11 heteroatoms. The zero-order valence-electron chi connectivity index (χ0n) is 18.1. The SMILES string of the molecule is CCN1CCc2c(sc(NC(=O)C3CCCCN3S(=O)(=O)c3cccs3)c2C(=O)OC)C1. The van der Waals surface area contributed by atoms with Gasteiger partial charge in [-0.2, -0.15) is 4.31 Å². The van der Waals surface area contributed by atoms with Gasteiger partial charge in [-0.05, 0) is 42.8 Å². The van der Waals surface area contributed by atoms with Crippen LogP contribution in [-0.2, 0) is 32.5 Å². The Kier molecular flexibility index (Phi) is 7.01. The van der Waals surface area contributed by atoms with Crippen LogP contribution in [-0.4, -0.2) is 62.3 Å². The second-order valence-electron chi connectivity index (χ2n) is 7.87. The summed E-state index contributed by atoms with van der Waals surface area (Å²) in [4.78, 5) is 29.2. The summed E-state index contributed by atoms with van der Waals surface area (Å²) in [6, 6.07) is 2.44. The minimum atomic E-state index is -3.75. The molecule has 4 heterocycles. The molecular weight excluding hydrogens is 470 g/mol. The maximum absolute atomic E-state index is 13.3. The Hall–Kier alpha value is -1.79. The fourth-order valence-corrected chi connectivity index (χ4v) is 8.37. The molecule has 0 aromatic carbocycles. The summed E-state index contributed by atoms with van der Waals surface area (Å²) in [6.45, 7) is 4.86. The van der Waals surface area contributed by atoms with Gasteiger partial charge in [-0.1, -0.05) is 19.4 Å². The third kappa shape index (κ3) is 4.36. The molecule has 0 bridgehead atoms. The summed E-state index contributed by atoms with van der Waals surface area (Å²) >= 11 is 2.53. The highest BCUT2D eigenvalue weighted by Gasteiger charge is 2.39. The Morgan fingerprint density at radius 3 is 2.78 bits per heavy atom. The van der Waals surface area contributed by atoms with Gasteiger partial charge in [0.15, 0.2) is 0 Å². The lowest BCUT2D eigenvalue weighted by atomic mass is 10.0.